The number of carboxylic acid groups (broad SMARTS) is 2. The van der Waals surface area contributed by atoms with Gasteiger partial charge in [-0.15, -0.1) is 0 Å². The van der Waals surface area contributed by atoms with Crippen LogP contribution in [0.15, 0.2) is 24.3 Å². The van der Waals surface area contributed by atoms with Crippen molar-refractivity contribution < 1.29 is 24.5 Å². The highest BCUT2D eigenvalue weighted by Gasteiger charge is 2.20. The Morgan fingerprint density at radius 2 is 1.62 bits per heavy atom. The molecule has 1 heterocycles. The number of nitrogens with zero attached hydrogens (tertiary/aromatic N) is 1. The van der Waals surface area contributed by atoms with Crippen LogP contribution in [-0.4, -0.2) is 53.3 Å². The first-order chi connectivity index (χ1) is 12.3. The van der Waals surface area contributed by atoms with E-state index in [9.17, 15) is 0 Å². The number of aliphatic carboxylic acids is 2. The van der Waals surface area contributed by atoms with Gasteiger partial charge in [0.15, 0.2) is 0 Å². The molecular formula is C19H28INO5. The first-order valence-electron chi connectivity index (χ1n) is 8.84. The van der Waals surface area contributed by atoms with Crippen LogP contribution in [0.3, 0.4) is 0 Å². The highest BCUT2D eigenvalue weighted by Crippen LogP contribution is 2.21. The number of hydrogen-bond acceptors (Lipinski definition) is 4. The number of benzene rings is 1. The molecule has 146 valence electrons. The monoisotopic (exact) mass is 477 g/mol. The van der Waals surface area contributed by atoms with Gasteiger partial charge in [-0.3, -0.25) is 0 Å². The van der Waals surface area contributed by atoms with E-state index in [1.807, 2.05) is 0 Å². The second-order valence-electron chi connectivity index (χ2n) is 6.83. The Hall–Kier alpha value is -1.35. The van der Waals surface area contributed by atoms with Crippen molar-refractivity contribution >= 4 is 34.5 Å². The summed E-state index contributed by atoms with van der Waals surface area (Å²) < 4.78 is 7.02. The smallest absolute Gasteiger partial charge is 0.414 e. The van der Waals surface area contributed by atoms with Crippen LogP contribution < -0.4 is 4.74 Å². The molecule has 0 radical (unpaired) electrons. The predicted octanol–water partition coefficient (Wildman–Crippen LogP) is 3.58. The molecule has 0 spiro atoms. The van der Waals surface area contributed by atoms with Crippen LogP contribution in [0.1, 0.15) is 33.1 Å². The summed E-state index contributed by atoms with van der Waals surface area (Å²) in [5.41, 5.74) is 0. The van der Waals surface area contributed by atoms with Gasteiger partial charge in [-0.05, 0) is 84.5 Å². The van der Waals surface area contributed by atoms with Gasteiger partial charge in [0, 0.05) is 16.7 Å². The number of ether oxygens (including phenoxy) is 1. The maximum Gasteiger partial charge on any atom is 0.414 e. The lowest BCUT2D eigenvalue weighted by molar-refractivity contribution is -0.159. The average molecular weight is 477 g/mol. The number of hydrogen-bond donors (Lipinski definition) is 2. The average Bonchev–Trinajstić information content (AvgIpc) is 2.56. The topological polar surface area (TPSA) is 87.1 Å². The highest BCUT2D eigenvalue weighted by molar-refractivity contribution is 14.1. The molecule has 0 aromatic heterocycles. The van der Waals surface area contributed by atoms with Crippen molar-refractivity contribution in [2.75, 3.05) is 26.2 Å². The Morgan fingerprint density at radius 1 is 1.08 bits per heavy atom. The van der Waals surface area contributed by atoms with Crippen molar-refractivity contribution in [3.8, 4) is 5.75 Å². The molecule has 1 aliphatic rings. The van der Waals surface area contributed by atoms with Crippen LogP contribution in [0.2, 0.25) is 0 Å². The molecule has 1 fully saturated rings. The summed E-state index contributed by atoms with van der Waals surface area (Å²) in [6, 6.07) is 8.28. The van der Waals surface area contributed by atoms with Gasteiger partial charge in [0.1, 0.15) is 5.75 Å². The molecule has 2 unspecified atom stereocenters. The fourth-order valence-electron chi connectivity index (χ4n) is 3.13. The van der Waals surface area contributed by atoms with Crippen molar-refractivity contribution in [3.05, 3.63) is 27.8 Å². The second kappa shape index (κ2) is 12.1. The second-order valence-corrected chi connectivity index (χ2v) is 8.07. The number of halogens is 1. The lowest BCUT2D eigenvalue weighted by Gasteiger charge is -2.34. The van der Waals surface area contributed by atoms with E-state index in [1.54, 1.807) is 0 Å². The summed E-state index contributed by atoms with van der Waals surface area (Å²) in [5.74, 6) is -0.931. The lowest BCUT2D eigenvalue weighted by atomic mass is 9.92. The standard InChI is InChI=1S/C17H26INO.C2H2O4/c1-14-11-15(2)13-19(12-14)9-3-4-10-20-17-7-5-16(18)6-8-17;3-1(4)2(5)6/h5-8,14-15H,3-4,9-13H2,1-2H3;(H,3,4)(H,5,6). The normalized spacial score (nSPS) is 20.0. The number of rotatable bonds is 6. The zero-order valence-corrected chi connectivity index (χ0v) is 17.5. The highest BCUT2D eigenvalue weighted by atomic mass is 127. The molecule has 2 rings (SSSR count). The van der Waals surface area contributed by atoms with Gasteiger partial charge in [0.25, 0.3) is 0 Å². The van der Waals surface area contributed by atoms with Crippen LogP contribution in [0.5, 0.6) is 5.75 Å². The summed E-state index contributed by atoms with van der Waals surface area (Å²) in [7, 11) is 0. The van der Waals surface area contributed by atoms with E-state index >= 15 is 0 Å². The molecule has 6 nitrogen and oxygen atoms in total. The van der Waals surface area contributed by atoms with Gasteiger partial charge in [-0.1, -0.05) is 13.8 Å². The van der Waals surface area contributed by atoms with Crippen LogP contribution in [-0.2, 0) is 9.59 Å². The molecule has 2 atom stereocenters. The van der Waals surface area contributed by atoms with Gasteiger partial charge in [-0.2, -0.15) is 0 Å². The largest absolute Gasteiger partial charge is 0.494 e. The first kappa shape index (κ1) is 22.7. The molecule has 1 aliphatic heterocycles. The van der Waals surface area contributed by atoms with Crippen molar-refractivity contribution in [1.82, 2.24) is 4.90 Å². The molecule has 0 amide bonds. The SMILES string of the molecule is CC1CC(C)CN(CCCCOc2ccc(I)cc2)C1.O=C(O)C(=O)O. The predicted molar refractivity (Wildman–Crippen MR) is 109 cm³/mol. The molecule has 1 saturated heterocycles. The minimum Gasteiger partial charge on any atom is -0.494 e. The molecule has 1 aromatic rings. The Labute approximate surface area is 168 Å². The van der Waals surface area contributed by atoms with Crippen LogP contribution in [0.25, 0.3) is 0 Å². The minimum atomic E-state index is -1.82. The summed E-state index contributed by atoms with van der Waals surface area (Å²) >= 11 is 2.31. The van der Waals surface area contributed by atoms with E-state index in [2.05, 4.69) is 65.6 Å². The zero-order valence-electron chi connectivity index (χ0n) is 15.4. The maximum atomic E-state index is 9.10. The van der Waals surface area contributed by atoms with Crippen LogP contribution in [0, 0.1) is 15.4 Å². The third-order valence-electron chi connectivity index (χ3n) is 4.08. The number of carboxylic acids is 2. The molecule has 2 N–H and O–H groups in total. The van der Waals surface area contributed by atoms with Crippen molar-refractivity contribution in [3.63, 3.8) is 0 Å². The molecule has 0 saturated carbocycles. The maximum absolute atomic E-state index is 9.10. The quantitative estimate of drug-likeness (QED) is 0.370. The summed E-state index contributed by atoms with van der Waals surface area (Å²) in [5, 5.41) is 14.8. The summed E-state index contributed by atoms with van der Waals surface area (Å²) in [4.78, 5) is 20.8. The minimum absolute atomic E-state index is 0.833. The Morgan fingerprint density at radius 3 is 2.12 bits per heavy atom. The van der Waals surface area contributed by atoms with Gasteiger partial charge >= 0.3 is 11.9 Å². The third kappa shape index (κ3) is 9.96. The summed E-state index contributed by atoms with van der Waals surface area (Å²) in [6.07, 6.45) is 3.78. The molecule has 0 bridgehead atoms. The fraction of sp³-hybridized carbons (Fsp3) is 0.579. The lowest BCUT2D eigenvalue weighted by Crippen LogP contribution is -2.39. The molecular weight excluding hydrogens is 449 g/mol. The van der Waals surface area contributed by atoms with E-state index < -0.39 is 11.9 Å². The molecule has 0 aliphatic carbocycles. The Balaban J connectivity index is 0.000000487. The Bertz CT molecular complexity index is 542. The van der Waals surface area contributed by atoms with Gasteiger partial charge in [0.2, 0.25) is 0 Å². The van der Waals surface area contributed by atoms with Crippen molar-refractivity contribution in [2.45, 2.75) is 33.1 Å². The number of piperidine rings is 1. The number of unbranched alkanes of at least 4 members (excludes halogenated alkanes) is 1. The molecule has 1 aromatic carbocycles. The van der Waals surface area contributed by atoms with Gasteiger partial charge < -0.3 is 19.8 Å². The number of carbonyl (C=O) groups is 2. The fourth-order valence-corrected chi connectivity index (χ4v) is 3.49. The number of likely N-dealkylation sites (tertiary alicyclic amines) is 1. The first-order valence-corrected chi connectivity index (χ1v) is 9.92. The Kier molecular flexibility index (Phi) is 10.6. The van der Waals surface area contributed by atoms with E-state index in [4.69, 9.17) is 24.5 Å². The van der Waals surface area contributed by atoms with Gasteiger partial charge in [0.05, 0.1) is 6.61 Å². The van der Waals surface area contributed by atoms with Crippen LogP contribution >= 0.6 is 22.6 Å². The van der Waals surface area contributed by atoms with E-state index in [0.717, 1.165) is 30.6 Å². The van der Waals surface area contributed by atoms with Crippen molar-refractivity contribution in [2.24, 2.45) is 11.8 Å². The van der Waals surface area contributed by atoms with Crippen molar-refractivity contribution in [1.29, 1.82) is 0 Å². The zero-order chi connectivity index (χ0) is 19.5. The summed E-state index contributed by atoms with van der Waals surface area (Å²) in [6.45, 7) is 9.37. The third-order valence-corrected chi connectivity index (χ3v) is 4.80. The molecule has 26 heavy (non-hydrogen) atoms. The molecule has 7 heteroatoms. The van der Waals surface area contributed by atoms with E-state index in [1.165, 1.54) is 36.0 Å². The van der Waals surface area contributed by atoms with E-state index in [-0.39, 0.29) is 0 Å². The van der Waals surface area contributed by atoms with Gasteiger partial charge in [-0.25, -0.2) is 9.59 Å². The van der Waals surface area contributed by atoms with Crippen LogP contribution in [0.4, 0.5) is 0 Å². The van der Waals surface area contributed by atoms with E-state index in [0.29, 0.717) is 0 Å².